The maximum Gasteiger partial charge on any atom is 0.123 e. The van der Waals surface area contributed by atoms with E-state index in [0.29, 0.717) is 11.6 Å². The Balaban J connectivity index is 1.97. The van der Waals surface area contributed by atoms with Crippen molar-refractivity contribution in [1.82, 2.24) is 5.32 Å². The van der Waals surface area contributed by atoms with E-state index in [1.165, 1.54) is 6.07 Å². The minimum absolute atomic E-state index is 0.146. The van der Waals surface area contributed by atoms with Crippen LogP contribution in [0.5, 0.6) is 5.75 Å². The topological polar surface area (TPSA) is 21.3 Å². The molecule has 0 saturated carbocycles. The molecule has 0 aliphatic carbocycles. The fourth-order valence-electron chi connectivity index (χ4n) is 2.15. The molecular weight excluding hydrogens is 289 g/mol. The van der Waals surface area contributed by atoms with Crippen LogP contribution in [-0.4, -0.2) is 19.7 Å². The van der Waals surface area contributed by atoms with E-state index in [1.807, 2.05) is 38.2 Å². The first kappa shape index (κ1) is 15.8. The average molecular weight is 308 g/mol. The molecular formula is C17H19ClFNO. The van der Waals surface area contributed by atoms with Crippen LogP contribution in [0.1, 0.15) is 11.1 Å². The first-order valence-electron chi connectivity index (χ1n) is 6.89. The lowest BCUT2D eigenvalue weighted by molar-refractivity contribution is 0.269. The van der Waals surface area contributed by atoms with Gasteiger partial charge in [0.1, 0.15) is 18.2 Å². The van der Waals surface area contributed by atoms with Crippen molar-refractivity contribution < 1.29 is 9.13 Å². The number of halogens is 2. The Hall–Kier alpha value is -1.58. The molecule has 2 aromatic carbocycles. The Bertz CT molecular complexity index is 603. The monoisotopic (exact) mass is 307 g/mol. The third-order valence-electron chi connectivity index (χ3n) is 3.43. The molecule has 0 aliphatic rings. The molecule has 4 heteroatoms. The Kier molecular flexibility index (Phi) is 5.59. The number of rotatable bonds is 6. The zero-order chi connectivity index (χ0) is 15.2. The summed E-state index contributed by atoms with van der Waals surface area (Å²) in [6.07, 6.45) is 0.781. The molecule has 0 spiro atoms. The number of benzene rings is 2. The van der Waals surface area contributed by atoms with Crippen LogP contribution < -0.4 is 10.1 Å². The van der Waals surface area contributed by atoms with Gasteiger partial charge in [-0.2, -0.15) is 0 Å². The summed E-state index contributed by atoms with van der Waals surface area (Å²) in [5, 5.41) is 3.88. The van der Waals surface area contributed by atoms with Crippen molar-refractivity contribution in [2.24, 2.45) is 0 Å². The largest absolute Gasteiger partial charge is 0.492 e. The predicted octanol–water partition coefficient (Wildman–Crippen LogP) is 4.00. The first-order chi connectivity index (χ1) is 10.1. The lowest BCUT2D eigenvalue weighted by Crippen LogP contribution is -2.34. The Morgan fingerprint density at radius 3 is 2.71 bits per heavy atom. The van der Waals surface area contributed by atoms with Crippen molar-refractivity contribution in [1.29, 1.82) is 0 Å². The van der Waals surface area contributed by atoms with E-state index in [-0.39, 0.29) is 11.9 Å². The van der Waals surface area contributed by atoms with E-state index in [0.717, 1.165) is 23.3 Å². The van der Waals surface area contributed by atoms with Gasteiger partial charge in [-0.05, 0) is 61.9 Å². The smallest absolute Gasteiger partial charge is 0.123 e. The van der Waals surface area contributed by atoms with Gasteiger partial charge < -0.3 is 10.1 Å². The molecule has 1 unspecified atom stereocenters. The Morgan fingerprint density at radius 2 is 2.05 bits per heavy atom. The molecule has 112 valence electrons. The van der Waals surface area contributed by atoms with Gasteiger partial charge >= 0.3 is 0 Å². The molecule has 0 aliphatic heterocycles. The minimum Gasteiger partial charge on any atom is -0.492 e. The fourth-order valence-corrected chi connectivity index (χ4v) is 2.33. The number of likely N-dealkylation sites (N-methyl/N-ethyl adjacent to an activating group) is 1. The molecule has 0 radical (unpaired) electrons. The van der Waals surface area contributed by atoms with E-state index in [4.69, 9.17) is 16.3 Å². The van der Waals surface area contributed by atoms with Gasteiger partial charge in [0.25, 0.3) is 0 Å². The third kappa shape index (κ3) is 4.73. The molecule has 2 aromatic rings. The molecule has 0 aromatic heterocycles. The summed E-state index contributed by atoms with van der Waals surface area (Å²) < 4.78 is 18.9. The zero-order valence-corrected chi connectivity index (χ0v) is 13.0. The Labute approximate surface area is 129 Å². The molecule has 0 bridgehead atoms. The van der Waals surface area contributed by atoms with Crippen LogP contribution in [0.25, 0.3) is 0 Å². The highest BCUT2D eigenvalue weighted by atomic mass is 35.5. The third-order valence-corrected chi connectivity index (χ3v) is 3.66. The number of hydrogen-bond donors (Lipinski definition) is 1. The number of aryl methyl sites for hydroxylation is 1. The molecule has 21 heavy (non-hydrogen) atoms. The summed E-state index contributed by atoms with van der Waals surface area (Å²) in [4.78, 5) is 0. The summed E-state index contributed by atoms with van der Waals surface area (Å²) in [5.41, 5.74) is 2.07. The summed E-state index contributed by atoms with van der Waals surface area (Å²) in [7, 11) is 1.89. The van der Waals surface area contributed by atoms with Crippen LogP contribution in [0.3, 0.4) is 0 Å². The Morgan fingerprint density at radius 1 is 1.24 bits per heavy atom. The van der Waals surface area contributed by atoms with Gasteiger partial charge in [0.2, 0.25) is 0 Å². The van der Waals surface area contributed by atoms with E-state index in [1.54, 1.807) is 12.1 Å². The lowest BCUT2D eigenvalue weighted by atomic mass is 10.0. The van der Waals surface area contributed by atoms with E-state index >= 15 is 0 Å². The molecule has 1 atom stereocenters. The first-order valence-corrected chi connectivity index (χ1v) is 7.27. The van der Waals surface area contributed by atoms with Gasteiger partial charge in [-0.25, -0.2) is 4.39 Å². The second-order valence-electron chi connectivity index (χ2n) is 5.03. The van der Waals surface area contributed by atoms with E-state index in [9.17, 15) is 4.39 Å². The van der Waals surface area contributed by atoms with Crippen molar-refractivity contribution in [3.63, 3.8) is 0 Å². The predicted molar refractivity (Wildman–Crippen MR) is 84.6 cm³/mol. The summed E-state index contributed by atoms with van der Waals surface area (Å²) in [6, 6.07) is 12.4. The average Bonchev–Trinajstić information content (AvgIpc) is 2.45. The van der Waals surface area contributed by atoms with Crippen LogP contribution >= 0.6 is 11.6 Å². The summed E-state index contributed by atoms with van der Waals surface area (Å²) in [5.74, 6) is 0.547. The SMILES string of the molecule is CNC(COc1cccc(Cl)c1)Cc1ccc(F)cc1C. The highest BCUT2D eigenvalue weighted by molar-refractivity contribution is 6.30. The summed E-state index contributed by atoms with van der Waals surface area (Å²) >= 11 is 5.93. The second kappa shape index (κ2) is 7.43. The highest BCUT2D eigenvalue weighted by Crippen LogP contribution is 2.18. The van der Waals surface area contributed by atoms with Gasteiger partial charge in [0.15, 0.2) is 0 Å². The molecule has 0 heterocycles. The van der Waals surface area contributed by atoms with Gasteiger partial charge in [-0.1, -0.05) is 23.7 Å². The van der Waals surface area contributed by atoms with Crippen molar-refractivity contribution in [2.75, 3.05) is 13.7 Å². The van der Waals surface area contributed by atoms with Crippen molar-refractivity contribution in [2.45, 2.75) is 19.4 Å². The van der Waals surface area contributed by atoms with Crippen LogP contribution in [0.4, 0.5) is 4.39 Å². The molecule has 2 nitrogen and oxygen atoms in total. The van der Waals surface area contributed by atoms with Crippen LogP contribution in [0.15, 0.2) is 42.5 Å². The summed E-state index contributed by atoms with van der Waals surface area (Å²) in [6.45, 7) is 2.44. The fraction of sp³-hybridized carbons (Fsp3) is 0.294. The molecule has 0 amide bonds. The van der Waals surface area contributed by atoms with Crippen molar-refractivity contribution >= 4 is 11.6 Å². The van der Waals surface area contributed by atoms with Crippen molar-refractivity contribution in [3.05, 3.63) is 64.4 Å². The van der Waals surface area contributed by atoms with Gasteiger partial charge in [-0.3, -0.25) is 0 Å². The van der Waals surface area contributed by atoms with Crippen LogP contribution in [0.2, 0.25) is 5.02 Å². The van der Waals surface area contributed by atoms with Gasteiger partial charge in [-0.15, -0.1) is 0 Å². The van der Waals surface area contributed by atoms with Crippen LogP contribution in [0, 0.1) is 12.7 Å². The van der Waals surface area contributed by atoms with E-state index in [2.05, 4.69) is 5.32 Å². The highest BCUT2D eigenvalue weighted by Gasteiger charge is 2.11. The quantitative estimate of drug-likeness (QED) is 0.871. The maximum absolute atomic E-state index is 13.1. The van der Waals surface area contributed by atoms with Crippen molar-refractivity contribution in [3.8, 4) is 5.75 Å². The number of nitrogens with one attached hydrogen (secondary N) is 1. The number of ether oxygens (including phenoxy) is 1. The van der Waals surface area contributed by atoms with Crippen LogP contribution in [-0.2, 0) is 6.42 Å². The minimum atomic E-state index is -0.201. The molecule has 0 fully saturated rings. The molecule has 2 rings (SSSR count). The van der Waals surface area contributed by atoms with Gasteiger partial charge in [0.05, 0.1) is 0 Å². The standard InChI is InChI=1S/C17H19ClFNO/c1-12-8-15(19)7-6-13(12)9-16(20-2)11-21-17-5-3-4-14(18)10-17/h3-8,10,16,20H,9,11H2,1-2H3. The van der Waals surface area contributed by atoms with E-state index < -0.39 is 0 Å². The zero-order valence-electron chi connectivity index (χ0n) is 12.2. The normalized spacial score (nSPS) is 12.2. The molecule has 1 N–H and O–H groups in total. The second-order valence-corrected chi connectivity index (χ2v) is 5.47. The lowest BCUT2D eigenvalue weighted by Gasteiger charge is -2.18. The maximum atomic E-state index is 13.1. The number of hydrogen-bond acceptors (Lipinski definition) is 2. The van der Waals surface area contributed by atoms with Gasteiger partial charge in [0, 0.05) is 11.1 Å². The molecule has 0 saturated heterocycles.